The van der Waals surface area contributed by atoms with Crippen LogP contribution in [-0.4, -0.2) is 14.3 Å². The van der Waals surface area contributed by atoms with E-state index in [0.717, 1.165) is 0 Å². The van der Waals surface area contributed by atoms with E-state index in [4.69, 9.17) is 23.2 Å². The minimum atomic E-state index is -3.94. The summed E-state index contributed by atoms with van der Waals surface area (Å²) < 4.78 is 23.7. The van der Waals surface area contributed by atoms with Gasteiger partial charge in [0.05, 0.1) is 10.0 Å². The molecule has 0 aliphatic rings. The number of hydrogen-bond acceptors (Lipinski definition) is 3. The molecule has 0 aliphatic heterocycles. The van der Waals surface area contributed by atoms with Crippen molar-refractivity contribution in [3.8, 4) is 0 Å². The normalized spacial score (nSPS) is 11.6. The van der Waals surface area contributed by atoms with E-state index in [2.05, 4.69) is 5.43 Å². The third kappa shape index (κ3) is 3.58. The zero-order valence-electron chi connectivity index (χ0n) is 9.70. The minimum absolute atomic E-state index is 0.0922. The number of benzene rings is 1. The quantitative estimate of drug-likeness (QED) is 0.835. The second kappa shape index (κ2) is 5.88. The highest BCUT2D eigenvalue weighted by atomic mass is 35.5. The van der Waals surface area contributed by atoms with Gasteiger partial charge in [0.2, 0.25) is 5.91 Å². The van der Waals surface area contributed by atoms with E-state index in [9.17, 15) is 13.2 Å². The molecule has 0 unspecified atom stereocenters. The van der Waals surface area contributed by atoms with E-state index < -0.39 is 15.9 Å². The maximum Gasteiger partial charge on any atom is 0.258 e. The Morgan fingerprint density at radius 3 is 2.44 bits per heavy atom. The van der Waals surface area contributed by atoms with Gasteiger partial charge >= 0.3 is 0 Å². The summed E-state index contributed by atoms with van der Waals surface area (Å²) in [6, 6.07) is 4.21. The number of nitrogens with one attached hydrogen (secondary N) is 2. The molecule has 1 aromatic rings. The van der Waals surface area contributed by atoms with E-state index in [1.165, 1.54) is 18.2 Å². The van der Waals surface area contributed by atoms with Gasteiger partial charge in [-0.15, -0.1) is 4.83 Å². The van der Waals surface area contributed by atoms with Crippen molar-refractivity contribution in [2.45, 2.75) is 18.7 Å². The van der Waals surface area contributed by atoms with Crippen LogP contribution in [0.3, 0.4) is 0 Å². The first-order chi connectivity index (χ1) is 8.25. The third-order valence-electron chi connectivity index (χ3n) is 2.04. The lowest BCUT2D eigenvalue weighted by molar-refractivity contribution is -0.124. The Hall–Kier alpha value is -0.820. The maximum absolute atomic E-state index is 11.9. The summed E-state index contributed by atoms with van der Waals surface area (Å²) in [5.41, 5.74) is 2.09. The average molecular weight is 311 g/mol. The molecule has 100 valence electrons. The number of carbonyl (C=O) groups excluding carboxylic acids is 1. The zero-order valence-corrected chi connectivity index (χ0v) is 12.0. The van der Waals surface area contributed by atoms with E-state index in [1.807, 2.05) is 4.83 Å². The SMILES string of the molecule is CC(C)C(=O)NNS(=O)(=O)c1cccc(Cl)c1Cl. The van der Waals surface area contributed by atoms with Gasteiger partial charge in [-0.3, -0.25) is 10.2 Å². The van der Waals surface area contributed by atoms with Crippen LogP contribution < -0.4 is 10.3 Å². The second-order valence-corrected chi connectivity index (χ2v) is 6.24. The van der Waals surface area contributed by atoms with Crippen molar-refractivity contribution in [2.75, 3.05) is 0 Å². The van der Waals surface area contributed by atoms with Crippen LogP contribution in [0.5, 0.6) is 0 Å². The second-order valence-electron chi connectivity index (χ2n) is 3.80. The fourth-order valence-corrected chi connectivity index (χ4v) is 2.62. The van der Waals surface area contributed by atoms with Crippen molar-refractivity contribution < 1.29 is 13.2 Å². The Bertz CT molecular complexity index is 558. The topological polar surface area (TPSA) is 75.3 Å². The first kappa shape index (κ1) is 15.2. The fourth-order valence-electron chi connectivity index (χ4n) is 1.01. The Balaban J connectivity index is 2.94. The molecule has 8 heteroatoms. The van der Waals surface area contributed by atoms with Gasteiger partial charge in [-0.2, -0.15) is 0 Å². The molecule has 2 N–H and O–H groups in total. The molecule has 0 heterocycles. The van der Waals surface area contributed by atoms with Crippen molar-refractivity contribution in [1.29, 1.82) is 0 Å². The molecular weight excluding hydrogens is 299 g/mol. The number of carbonyl (C=O) groups is 1. The van der Waals surface area contributed by atoms with Gasteiger partial charge in [-0.1, -0.05) is 43.1 Å². The molecule has 1 aromatic carbocycles. The number of rotatable bonds is 4. The molecule has 0 radical (unpaired) electrons. The zero-order chi connectivity index (χ0) is 13.9. The highest BCUT2D eigenvalue weighted by molar-refractivity contribution is 7.89. The van der Waals surface area contributed by atoms with Gasteiger partial charge in [0.1, 0.15) is 4.90 Å². The largest absolute Gasteiger partial charge is 0.277 e. The van der Waals surface area contributed by atoms with Gasteiger partial charge in [-0.05, 0) is 12.1 Å². The lowest BCUT2D eigenvalue weighted by Gasteiger charge is -2.11. The standard InChI is InChI=1S/C10H12Cl2N2O3S/c1-6(2)10(15)13-14-18(16,17)8-5-3-4-7(11)9(8)12/h3-6,14H,1-2H3,(H,13,15). The molecule has 0 spiro atoms. The van der Waals surface area contributed by atoms with Crippen LogP contribution in [-0.2, 0) is 14.8 Å². The molecule has 0 saturated carbocycles. The van der Waals surface area contributed by atoms with Crippen LogP contribution in [0.1, 0.15) is 13.8 Å². The summed E-state index contributed by atoms with van der Waals surface area (Å²) in [6.45, 7) is 3.27. The molecule has 1 rings (SSSR count). The highest BCUT2D eigenvalue weighted by Gasteiger charge is 2.20. The Labute approximate surface area is 115 Å². The van der Waals surface area contributed by atoms with Gasteiger partial charge in [0.25, 0.3) is 10.0 Å². The molecule has 0 saturated heterocycles. The fraction of sp³-hybridized carbons (Fsp3) is 0.300. The van der Waals surface area contributed by atoms with Crippen LogP contribution in [0.15, 0.2) is 23.1 Å². The number of halogens is 2. The molecule has 5 nitrogen and oxygen atoms in total. The number of hydrazine groups is 1. The summed E-state index contributed by atoms with van der Waals surface area (Å²) in [5.74, 6) is -0.792. The van der Waals surface area contributed by atoms with Gasteiger partial charge < -0.3 is 0 Å². The molecule has 0 atom stereocenters. The minimum Gasteiger partial charge on any atom is -0.277 e. The highest BCUT2D eigenvalue weighted by Crippen LogP contribution is 2.28. The number of sulfonamides is 1. The van der Waals surface area contributed by atoms with E-state index in [1.54, 1.807) is 13.8 Å². The van der Waals surface area contributed by atoms with Crippen LogP contribution in [0, 0.1) is 5.92 Å². The van der Waals surface area contributed by atoms with Crippen molar-refractivity contribution in [1.82, 2.24) is 10.3 Å². The number of hydrogen-bond donors (Lipinski definition) is 2. The van der Waals surface area contributed by atoms with Crippen LogP contribution in [0.25, 0.3) is 0 Å². The first-order valence-electron chi connectivity index (χ1n) is 5.01. The monoisotopic (exact) mass is 310 g/mol. The van der Waals surface area contributed by atoms with Crippen molar-refractivity contribution in [2.24, 2.45) is 5.92 Å². The van der Waals surface area contributed by atoms with Gasteiger partial charge in [0.15, 0.2) is 0 Å². The lowest BCUT2D eigenvalue weighted by atomic mass is 10.2. The average Bonchev–Trinajstić information content (AvgIpc) is 2.29. The summed E-state index contributed by atoms with van der Waals surface area (Å²) in [7, 11) is -3.94. The third-order valence-corrected chi connectivity index (χ3v) is 4.26. The smallest absolute Gasteiger partial charge is 0.258 e. The predicted octanol–water partition coefficient (Wildman–Crippen LogP) is 1.96. The first-order valence-corrected chi connectivity index (χ1v) is 7.25. The van der Waals surface area contributed by atoms with Gasteiger partial charge in [-0.25, -0.2) is 8.42 Å². The molecule has 1 amide bonds. The van der Waals surface area contributed by atoms with E-state index >= 15 is 0 Å². The molecule has 18 heavy (non-hydrogen) atoms. The van der Waals surface area contributed by atoms with E-state index in [0.29, 0.717) is 0 Å². The predicted molar refractivity (Wildman–Crippen MR) is 69.8 cm³/mol. The van der Waals surface area contributed by atoms with Crippen molar-refractivity contribution in [3.05, 3.63) is 28.2 Å². The van der Waals surface area contributed by atoms with Crippen LogP contribution >= 0.6 is 23.2 Å². The van der Waals surface area contributed by atoms with Crippen molar-refractivity contribution >= 4 is 39.1 Å². The summed E-state index contributed by atoms with van der Waals surface area (Å²) in [6.07, 6.45) is 0. The molecule has 0 fully saturated rings. The van der Waals surface area contributed by atoms with Crippen LogP contribution in [0.4, 0.5) is 0 Å². The Morgan fingerprint density at radius 2 is 1.89 bits per heavy atom. The Morgan fingerprint density at radius 1 is 1.28 bits per heavy atom. The van der Waals surface area contributed by atoms with Crippen molar-refractivity contribution in [3.63, 3.8) is 0 Å². The Kier molecular flexibility index (Phi) is 4.98. The molecule has 0 aliphatic carbocycles. The van der Waals surface area contributed by atoms with Crippen LogP contribution in [0.2, 0.25) is 10.0 Å². The molecular formula is C10H12Cl2N2O3S. The summed E-state index contributed by atoms with van der Waals surface area (Å²) >= 11 is 11.5. The van der Waals surface area contributed by atoms with Gasteiger partial charge in [0, 0.05) is 5.92 Å². The molecule has 0 bridgehead atoms. The maximum atomic E-state index is 11.9. The summed E-state index contributed by atoms with van der Waals surface area (Å²) in [5, 5.41) is 0.0280. The molecule has 0 aromatic heterocycles. The lowest BCUT2D eigenvalue weighted by Crippen LogP contribution is -2.43. The van der Waals surface area contributed by atoms with E-state index in [-0.39, 0.29) is 20.9 Å². The number of amides is 1. The summed E-state index contributed by atoms with van der Waals surface area (Å²) in [4.78, 5) is 13.0.